The highest BCUT2D eigenvalue weighted by Crippen LogP contribution is 2.28. The van der Waals surface area contributed by atoms with Gasteiger partial charge < -0.3 is 9.47 Å². The third kappa shape index (κ3) is 7.60. The average Bonchev–Trinajstić information content (AvgIpc) is 2.92. The SMILES string of the molecule is Cc1cccc(S(=O)(=O)NC(=O)c2ccc(-c3cc(F)cc(OCC(C)C)c3)nc2OCCc2ccccn2)n1. The van der Waals surface area contributed by atoms with E-state index in [2.05, 4.69) is 15.0 Å². The first-order valence-corrected chi connectivity index (χ1v) is 14.1. The van der Waals surface area contributed by atoms with Crippen molar-refractivity contribution in [3.8, 4) is 22.9 Å². The van der Waals surface area contributed by atoms with Crippen LogP contribution in [0.2, 0.25) is 0 Å². The van der Waals surface area contributed by atoms with E-state index in [9.17, 15) is 17.6 Å². The van der Waals surface area contributed by atoms with Gasteiger partial charge in [-0.25, -0.2) is 19.1 Å². The fourth-order valence-electron chi connectivity index (χ4n) is 3.64. The number of carbonyl (C=O) groups is 1. The normalized spacial score (nSPS) is 11.3. The fourth-order valence-corrected chi connectivity index (χ4v) is 4.62. The monoisotopic (exact) mass is 564 g/mol. The molecule has 1 amide bonds. The van der Waals surface area contributed by atoms with Crippen LogP contribution in [-0.4, -0.2) is 42.5 Å². The van der Waals surface area contributed by atoms with Gasteiger partial charge in [0.2, 0.25) is 5.88 Å². The smallest absolute Gasteiger partial charge is 0.281 e. The first kappa shape index (κ1) is 28.6. The zero-order valence-corrected chi connectivity index (χ0v) is 23.1. The Kier molecular flexibility index (Phi) is 9.05. The number of hydrogen-bond acceptors (Lipinski definition) is 8. The number of hydrogen-bond donors (Lipinski definition) is 1. The lowest BCUT2D eigenvalue weighted by molar-refractivity contribution is 0.0976. The molecule has 0 bridgehead atoms. The van der Waals surface area contributed by atoms with Crippen molar-refractivity contribution in [3.63, 3.8) is 0 Å². The number of aryl methyl sites for hydroxylation is 1. The Morgan fingerprint density at radius 2 is 1.82 bits per heavy atom. The number of benzene rings is 1. The van der Waals surface area contributed by atoms with Crippen molar-refractivity contribution in [1.29, 1.82) is 0 Å². The molecule has 1 aromatic carbocycles. The number of nitrogens with zero attached hydrogens (tertiary/aromatic N) is 3. The van der Waals surface area contributed by atoms with Crippen LogP contribution in [0.4, 0.5) is 4.39 Å². The predicted molar refractivity (Wildman–Crippen MR) is 147 cm³/mol. The first-order chi connectivity index (χ1) is 19.1. The van der Waals surface area contributed by atoms with Gasteiger partial charge in [0.05, 0.1) is 18.9 Å². The maximum atomic E-state index is 14.4. The van der Waals surface area contributed by atoms with Gasteiger partial charge in [0.1, 0.15) is 17.1 Å². The summed E-state index contributed by atoms with van der Waals surface area (Å²) in [5.41, 5.74) is 1.83. The molecule has 0 atom stereocenters. The molecule has 3 aromatic heterocycles. The van der Waals surface area contributed by atoms with Gasteiger partial charge in [-0.1, -0.05) is 26.0 Å². The minimum absolute atomic E-state index is 0.103. The molecule has 0 unspecified atom stereocenters. The van der Waals surface area contributed by atoms with Crippen LogP contribution in [0, 0.1) is 18.7 Å². The third-order valence-corrected chi connectivity index (χ3v) is 6.78. The summed E-state index contributed by atoms with van der Waals surface area (Å²) in [5.74, 6) is -1.01. The first-order valence-electron chi connectivity index (χ1n) is 12.6. The summed E-state index contributed by atoms with van der Waals surface area (Å²) in [7, 11) is -4.27. The second-order valence-electron chi connectivity index (χ2n) is 9.40. The minimum Gasteiger partial charge on any atom is -0.493 e. The quantitative estimate of drug-likeness (QED) is 0.277. The number of nitrogens with one attached hydrogen (secondary N) is 1. The lowest BCUT2D eigenvalue weighted by atomic mass is 10.1. The molecule has 0 saturated heterocycles. The molecule has 4 rings (SSSR count). The van der Waals surface area contributed by atoms with Gasteiger partial charge in [-0.2, -0.15) is 8.42 Å². The lowest BCUT2D eigenvalue weighted by Gasteiger charge is -2.14. The molecule has 0 aliphatic heterocycles. The van der Waals surface area contributed by atoms with Crippen LogP contribution in [0.1, 0.15) is 35.6 Å². The number of aromatic nitrogens is 3. The molecular weight excluding hydrogens is 535 g/mol. The molecule has 0 aliphatic carbocycles. The molecule has 0 spiro atoms. The molecule has 0 aliphatic rings. The molecule has 9 nitrogen and oxygen atoms in total. The van der Waals surface area contributed by atoms with E-state index in [1.807, 2.05) is 30.7 Å². The maximum Gasteiger partial charge on any atom is 0.281 e. The minimum atomic E-state index is -4.27. The molecule has 4 aromatic rings. The third-order valence-electron chi connectivity index (χ3n) is 5.54. The van der Waals surface area contributed by atoms with E-state index >= 15 is 0 Å². The largest absolute Gasteiger partial charge is 0.493 e. The molecule has 1 N–H and O–H groups in total. The van der Waals surface area contributed by atoms with Crippen molar-refractivity contribution in [1.82, 2.24) is 19.7 Å². The van der Waals surface area contributed by atoms with E-state index in [1.54, 1.807) is 31.3 Å². The Hall–Kier alpha value is -4.38. The van der Waals surface area contributed by atoms with Gasteiger partial charge in [-0.15, -0.1) is 0 Å². The van der Waals surface area contributed by atoms with Crippen molar-refractivity contribution in [2.24, 2.45) is 5.92 Å². The number of sulfonamides is 1. The summed E-state index contributed by atoms with van der Waals surface area (Å²) in [6, 6.07) is 17.0. The predicted octanol–water partition coefficient (Wildman–Crippen LogP) is 4.76. The van der Waals surface area contributed by atoms with Crippen LogP contribution in [-0.2, 0) is 16.4 Å². The van der Waals surface area contributed by atoms with Gasteiger partial charge in [0, 0.05) is 35.6 Å². The van der Waals surface area contributed by atoms with Gasteiger partial charge in [0.15, 0.2) is 5.03 Å². The van der Waals surface area contributed by atoms with E-state index in [1.165, 1.54) is 36.4 Å². The lowest BCUT2D eigenvalue weighted by Crippen LogP contribution is -2.31. The van der Waals surface area contributed by atoms with Crippen molar-refractivity contribution in [2.75, 3.05) is 13.2 Å². The van der Waals surface area contributed by atoms with Crippen molar-refractivity contribution >= 4 is 15.9 Å². The Labute approximate surface area is 232 Å². The van der Waals surface area contributed by atoms with Crippen LogP contribution in [0.25, 0.3) is 11.3 Å². The topological polar surface area (TPSA) is 120 Å². The fraction of sp³-hybridized carbons (Fsp3) is 0.241. The average molecular weight is 565 g/mol. The Morgan fingerprint density at radius 1 is 1.00 bits per heavy atom. The maximum absolute atomic E-state index is 14.4. The number of pyridine rings is 3. The molecule has 11 heteroatoms. The van der Waals surface area contributed by atoms with Crippen molar-refractivity contribution in [2.45, 2.75) is 32.2 Å². The summed E-state index contributed by atoms with van der Waals surface area (Å²) >= 11 is 0. The summed E-state index contributed by atoms with van der Waals surface area (Å²) < 4.78 is 53.7. The van der Waals surface area contributed by atoms with Crippen LogP contribution in [0.5, 0.6) is 11.6 Å². The van der Waals surface area contributed by atoms with E-state index in [-0.39, 0.29) is 29.0 Å². The second kappa shape index (κ2) is 12.6. The molecule has 0 fully saturated rings. The Bertz CT molecular complexity index is 1600. The van der Waals surface area contributed by atoms with E-state index in [0.717, 1.165) is 5.69 Å². The summed E-state index contributed by atoms with van der Waals surface area (Å²) in [4.78, 5) is 25.8. The van der Waals surface area contributed by atoms with Crippen LogP contribution in [0.3, 0.4) is 0 Å². The second-order valence-corrected chi connectivity index (χ2v) is 11.0. The summed E-state index contributed by atoms with van der Waals surface area (Å²) in [6.07, 6.45) is 2.06. The van der Waals surface area contributed by atoms with Crippen LogP contribution < -0.4 is 14.2 Å². The molecule has 0 saturated carbocycles. The highest BCUT2D eigenvalue weighted by Gasteiger charge is 2.24. The number of rotatable bonds is 11. The van der Waals surface area contributed by atoms with Gasteiger partial charge in [-0.3, -0.25) is 9.78 Å². The molecule has 0 radical (unpaired) electrons. The Balaban J connectivity index is 1.65. The highest BCUT2D eigenvalue weighted by atomic mass is 32.2. The molecule has 40 heavy (non-hydrogen) atoms. The Morgan fingerprint density at radius 3 is 2.55 bits per heavy atom. The number of ether oxygens (including phenoxy) is 2. The van der Waals surface area contributed by atoms with E-state index < -0.39 is 21.7 Å². The van der Waals surface area contributed by atoms with Gasteiger partial charge in [-0.05, 0) is 61.4 Å². The standard InChI is InChI=1S/C29H29FN4O5S/c1-19(2)18-39-24-16-21(15-22(30)17-24)26-11-10-25(29(33-26)38-14-12-23-8-4-5-13-31-23)28(35)34-40(36,37)27-9-6-7-20(3)32-27/h4-11,13,15-17,19H,12,14,18H2,1-3H3,(H,34,35). The number of halogens is 1. The van der Waals surface area contributed by atoms with Gasteiger partial charge in [0.25, 0.3) is 15.9 Å². The van der Waals surface area contributed by atoms with Gasteiger partial charge >= 0.3 is 0 Å². The molecule has 208 valence electrons. The van der Waals surface area contributed by atoms with E-state index in [0.29, 0.717) is 35.7 Å². The van der Waals surface area contributed by atoms with Crippen LogP contribution >= 0.6 is 0 Å². The van der Waals surface area contributed by atoms with E-state index in [4.69, 9.17) is 9.47 Å². The van der Waals surface area contributed by atoms with Crippen LogP contribution in [0.15, 0.2) is 78.0 Å². The van der Waals surface area contributed by atoms with Crippen molar-refractivity contribution < 1.29 is 27.1 Å². The summed E-state index contributed by atoms with van der Waals surface area (Å²) in [6.45, 7) is 6.11. The number of carbonyl (C=O) groups excluding carboxylic acids is 1. The molecule has 3 heterocycles. The zero-order chi connectivity index (χ0) is 28.7. The molecular formula is C29H29FN4O5S. The number of amides is 1. The zero-order valence-electron chi connectivity index (χ0n) is 22.3. The highest BCUT2D eigenvalue weighted by molar-refractivity contribution is 7.90. The van der Waals surface area contributed by atoms with Crippen molar-refractivity contribution in [3.05, 3.63) is 95.7 Å². The summed E-state index contributed by atoms with van der Waals surface area (Å²) in [5, 5.41) is -0.295.